The van der Waals surface area contributed by atoms with Gasteiger partial charge in [-0.15, -0.1) is 0 Å². The third kappa shape index (κ3) is 2.99. The molecule has 0 aliphatic carbocycles. The molecule has 1 aliphatic rings. The molecule has 13 heavy (non-hydrogen) atoms. The van der Waals surface area contributed by atoms with Crippen molar-refractivity contribution in [3.05, 3.63) is 0 Å². The second-order valence-electron chi connectivity index (χ2n) is 4.31. The number of amides is 1. The summed E-state index contributed by atoms with van der Waals surface area (Å²) in [4.78, 5) is 13.2. The molecule has 1 N–H and O–H groups in total. The highest BCUT2D eigenvalue weighted by atomic mass is 16.1. The van der Waals surface area contributed by atoms with Gasteiger partial charge in [-0.3, -0.25) is 9.69 Å². The Bertz CT molecular complexity index is 185. The minimum absolute atomic E-state index is 0.0412. The zero-order chi connectivity index (χ0) is 9.90. The summed E-state index contributed by atoms with van der Waals surface area (Å²) in [5.74, 6) is 0.0811. The number of rotatable bonds is 4. The van der Waals surface area contributed by atoms with Crippen LogP contribution >= 0.6 is 0 Å². The van der Waals surface area contributed by atoms with Crippen molar-refractivity contribution >= 4 is 5.91 Å². The molecular weight excluding hydrogens is 164 g/mol. The number of nitrogens with zero attached hydrogens (tertiary/aromatic N) is 1. The van der Waals surface area contributed by atoms with Gasteiger partial charge >= 0.3 is 0 Å². The first-order valence-corrected chi connectivity index (χ1v) is 5.07. The molecule has 0 unspecified atom stereocenters. The van der Waals surface area contributed by atoms with Crippen LogP contribution in [0.15, 0.2) is 0 Å². The summed E-state index contributed by atoms with van der Waals surface area (Å²) >= 11 is 0. The molecule has 0 aromatic rings. The molecule has 3 heteroatoms. The average Bonchev–Trinajstić information content (AvgIpc) is 1.95. The largest absolute Gasteiger partial charge is 0.349 e. The van der Waals surface area contributed by atoms with E-state index in [1.54, 1.807) is 6.92 Å². The first-order chi connectivity index (χ1) is 6.06. The van der Waals surface area contributed by atoms with E-state index in [0.717, 1.165) is 13.1 Å². The zero-order valence-electron chi connectivity index (χ0n) is 8.89. The van der Waals surface area contributed by atoms with E-state index in [1.165, 1.54) is 19.4 Å². The molecule has 1 rings (SSSR count). The summed E-state index contributed by atoms with van der Waals surface area (Å²) in [5, 5.41) is 2.98. The predicted octanol–water partition coefficient (Wildman–Crippen LogP) is 0.997. The molecule has 0 radical (unpaired) electrons. The van der Waals surface area contributed by atoms with Crippen LogP contribution in [0.2, 0.25) is 0 Å². The summed E-state index contributed by atoms with van der Waals surface area (Å²) in [7, 11) is 0. The fourth-order valence-corrected chi connectivity index (χ4v) is 1.98. The number of unbranched alkanes of at least 4 members (excludes halogenated alkanes) is 1. The van der Waals surface area contributed by atoms with E-state index < -0.39 is 0 Å². The van der Waals surface area contributed by atoms with Crippen LogP contribution in [0.4, 0.5) is 0 Å². The number of likely N-dealkylation sites (tertiary alicyclic amines) is 1. The Morgan fingerprint density at radius 2 is 2.15 bits per heavy atom. The van der Waals surface area contributed by atoms with E-state index in [4.69, 9.17) is 0 Å². The summed E-state index contributed by atoms with van der Waals surface area (Å²) in [5.41, 5.74) is 0.0412. The van der Waals surface area contributed by atoms with Gasteiger partial charge in [0.25, 0.3) is 0 Å². The lowest BCUT2D eigenvalue weighted by Gasteiger charge is -2.48. The lowest BCUT2D eigenvalue weighted by atomic mass is 9.92. The smallest absolute Gasteiger partial charge is 0.217 e. The molecular formula is C10H20N2O. The fraction of sp³-hybridized carbons (Fsp3) is 0.900. The van der Waals surface area contributed by atoms with Crippen molar-refractivity contribution in [1.82, 2.24) is 10.2 Å². The van der Waals surface area contributed by atoms with Gasteiger partial charge in [0.05, 0.1) is 5.54 Å². The lowest BCUT2D eigenvalue weighted by Crippen LogP contribution is -2.68. The molecule has 1 heterocycles. The highest BCUT2D eigenvalue weighted by Crippen LogP contribution is 2.20. The van der Waals surface area contributed by atoms with E-state index >= 15 is 0 Å². The molecule has 1 saturated heterocycles. The van der Waals surface area contributed by atoms with Crippen molar-refractivity contribution in [2.75, 3.05) is 19.6 Å². The maximum absolute atomic E-state index is 10.8. The van der Waals surface area contributed by atoms with Gasteiger partial charge in [0.15, 0.2) is 0 Å². The molecule has 0 aromatic heterocycles. The molecule has 76 valence electrons. The van der Waals surface area contributed by atoms with Crippen LogP contribution in [0.5, 0.6) is 0 Å². The van der Waals surface area contributed by atoms with Gasteiger partial charge in [0.1, 0.15) is 0 Å². The second-order valence-corrected chi connectivity index (χ2v) is 4.31. The standard InChI is InChI=1S/C10H20N2O/c1-4-5-6-12-7-10(3,8-12)11-9(2)13/h4-8H2,1-3H3,(H,11,13). The van der Waals surface area contributed by atoms with Crippen LogP contribution in [0.3, 0.4) is 0 Å². The maximum atomic E-state index is 10.8. The van der Waals surface area contributed by atoms with Crippen molar-refractivity contribution < 1.29 is 4.79 Å². The minimum atomic E-state index is 0.0412. The zero-order valence-corrected chi connectivity index (χ0v) is 8.89. The van der Waals surface area contributed by atoms with Crippen molar-refractivity contribution in [3.63, 3.8) is 0 Å². The quantitative estimate of drug-likeness (QED) is 0.707. The third-order valence-electron chi connectivity index (χ3n) is 2.45. The van der Waals surface area contributed by atoms with E-state index in [9.17, 15) is 4.79 Å². The topological polar surface area (TPSA) is 32.3 Å². The molecule has 0 spiro atoms. The van der Waals surface area contributed by atoms with Gasteiger partial charge in [0, 0.05) is 20.0 Å². The molecule has 1 amide bonds. The van der Waals surface area contributed by atoms with Gasteiger partial charge in [-0.05, 0) is 19.9 Å². The van der Waals surface area contributed by atoms with Crippen LogP contribution < -0.4 is 5.32 Å². The Hall–Kier alpha value is -0.570. The fourth-order valence-electron chi connectivity index (χ4n) is 1.98. The van der Waals surface area contributed by atoms with Crippen molar-refractivity contribution in [2.24, 2.45) is 0 Å². The first-order valence-electron chi connectivity index (χ1n) is 5.07. The molecule has 0 atom stereocenters. The predicted molar refractivity (Wildman–Crippen MR) is 53.6 cm³/mol. The van der Waals surface area contributed by atoms with Crippen molar-refractivity contribution in [1.29, 1.82) is 0 Å². The average molecular weight is 184 g/mol. The van der Waals surface area contributed by atoms with Crippen LogP contribution in [-0.4, -0.2) is 36.0 Å². The highest BCUT2D eigenvalue weighted by molar-refractivity contribution is 5.74. The van der Waals surface area contributed by atoms with Gasteiger partial charge in [-0.1, -0.05) is 13.3 Å². The number of carbonyl (C=O) groups is 1. The maximum Gasteiger partial charge on any atom is 0.217 e. The van der Waals surface area contributed by atoms with Gasteiger partial charge in [-0.25, -0.2) is 0 Å². The lowest BCUT2D eigenvalue weighted by molar-refractivity contribution is -0.122. The molecule has 0 saturated carbocycles. The van der Waals surface area contributed by atoms with E-state index in [1.807, 2.05) is 0 Å². The number of carbonyl (C=O) groups excluding carboxylic acids is 1. The van der Waals surface area contributed by atoms with Gasteiger partial charge < -0.3 is 5.32 Å². The van der Waals surface area contributed by atoms with Crippen LogP contribution in [0.1, 0.15) is 33.6 Å². The summed E-state index contributed by atoms with van der Waals surface area (Å²) in [6, 6.07) is 0. The molecule has 3 nitrogen and oxygen atoms in total. The second kappa shape index (κ2) is 4.09. The third-order valence-corrected chi connectivity index (χ3v) is 2.45. The Morgan fingerprint density at radius 3 is 2.62 bits per heavy atom. The Balaban J connectivity index is 2.18. The van der Waals surface area contributed by atoms with Crippen molar-refractivity contribution in [3.8, 4) is 0 Å². The molecule has 1 fully saturated rings. The van der Waals surface area contributed by atoms with Gasteiger partial charge in [-0.2, -0.15) is 0 Å². The van der Waals surface area contributed by atoms with Crippen molar-refractivity contribution in [2.45, 2.75) is 39.2 Å². The Kier molecular flexibility index (Phi) is 3.31. The number of hydrogen-bond acceptors (Lipinski definition) is 2. The Morgan fingerprint density at radius 1 is 1.54 bits per heavy atom. The van der Waals surface area contributed by atoms with E-state index in [2.05, 4.69) is 24.1 Å². The van der Waals surface area contributed by atoms with E-state index in [-0.39, 0.29) is 11.4 Å². The van der Waals surface area contributed by atoms with Gasteiger partial charge in [0.2, 0.25) is 5.91 Å². The Labute approximate surface area is 80.5 Å². The number of hydrogen-bond donors (Lipinski definition) is 1. The normalized spacial score (nSPS) is 20.8. The summed E-state index contributed by atoms with van der Waals surface area (Å²) in [6.45, 7) is 9.08. The number of nitrogens with one attached hydrogen (secondary N) is 1. The molecule has 0 bridgehead atoms. The summed E-state index contributed by atoms with van der Waals surface area (Å²) < 4.78 is 0. The summed E-state index contributed by atoms with van der Waals surface area (Å²) in [6.07, 6.45) is 2.50. The van der Waals surface area contributed by atoms with Crippen LogP contribution in [-0.2, 0) is 4.79 Å². The molecule has 0 aromatic carbocycles. The first kappa shape index (κ1) is 10.5. The monoisotopic (exact) mass is 184 g/mol. The highest BCUT2D eigenvalue weighted by Gasteiger charge is 2.38. The van der Waals surface area contributed by atoms with E-state index in [0.29, 0.717) is 0 Å². The minimum Gasteiger partial charge on any atom is -0.349 e. The SMILES string of the molecule is CCCCN1CC(C)(NC(C)=O)C1. The molecule has 1 aliphatic heterocycles. The van der Waals surface area contributed by atoms with Crippen LogP contribution in [0.25, 0.3) is 0 Å². The van der Waals surface area contributed by atoms with Crippen LogP contribution in [0, 0.1) is 0 Å².